The van der Waals surface area contributed by atoms with Crippen molar-refractivity contribution in [1.29, 1.82) is 0 Å². The normalized spacial score (nSPS) is 14.0. The lowest BCUT2D eigenvalue weighted by molar-refractivity contribution is 0.854. The van der Waals surface area contributed by atoms with Gasteiger partial charge in [-0.15, -0.1) is 0 Å². The molecule has 0 amide bonds. The van der Waals surface area contributed by atoms with Gasteiger partial charge in [-0.1, -0.05) is 98.8 Å². The van der Waals surface area contributed by atoms with Crippen molar-refractivity contribution in [3.63, 3.8) is 0 Å². The summed E-state index contributed by atoms with van der Waals surface area (Å²) in [5.74, 6) is 0.401. The van der Waals surface area contributed by atoms with Crippen molar-refractivity contribution < 1.29 is 0 Å². The predicted octanol–water partition coefficient (Wildman–Crippen LogP) is 11.1. The van der Waals surface area contributed by atoms with Crippen molar-refractivity contribution in [2.75, 3.05) is 4.90 Å². The van der Waals surface area contributed by atoms with E-state index in [2.05, 4.69) is 116 Å². The molecule has 5 heteroatoms. The SMILES string of the molecule is CCc1nc2ccccc2nc1-c1ccc(N(c2ccc(-c3nc4ccccc4nc3CC)cc2)c2ccc(C3C=CC=CC3)cc2)cc1. The van der Waals surface area contributed by atoms with Gasteiger partial charge in [-0.2, -0.15) is 0 Å². The van der Waals surface area contributed by atoms with Crippen LogP contribution < -0.4 is 4.90 Å². The molecule has 5 aromatic carbocycles. The molecule has 1 aliphatic carbocycles. The molecule has 0 saturated heterocycles. The molecule has 49 heavy (non-hydrogen) atoms. The van der Waals surface area contributed by atoms with E-state index in [1.807, 2.05) is 48.5 Å². The number of anilines is 3. The van der Waals surface area contributed by atoms with Crippen molar-refractivity contribution in [2.24, 2.45) is 0 Å². The third-order valence-electron chi connectivity index (χ3n) is 9.31. The zero-order valence-corrected chi connectivity index (χ0v) is 27.8. The first-order chi connectivity index (χ1) is 24.2. The van der Waals surface area contributed by atoms with E-state index >= 15 is 0 Å². The molecule has 1 unspecified atom stereocenters. The van der Waals surface area contributed by atoms with Gasteiger partial charge in [0.1, 0.15) is 0 Å². The molecule has 8 rings (SSSR count). The molecule has 238 valence electrons. The Bertz CT molecular complexity index is 2190. The minimum atomic E-state index is 0.401. The van der Waals surface area contributed by atoms with Gasteiger partial charge in [-0.25, -0.2) is 19.9 Å². The molecule has 0 spiro atoms. The number of hydrogen-bond donors (Lipinski definition) is 0. The van der Waals surface area contributed by atoms with E-state index < -0.39 is 0 Å². The van der Waals surface area contributed by atoms with Crippen LogP contribution in [0.25, 0.3) is 44.6 Å². The monoisotopic (exact) mass is 635 g/mol. The molecule has 7 aromatic rings. The average molecular weight is 636 g/mol. The van der Waals surface area contributed by atoms with Crippen LogP contribution in [0.4, 0.5) is 17.1 Å². The van der Waals surface area contributed by atoms with Crippen molar-refractivity contribution >= 4 is 39.1 Å². The van der Waals surface area contributed by atoms with Crippen LogP contribution in [0.2, 0.25) is 0 Å². The molecule has 1 aliphatic rings. The summed E-state index contributed by atoms with van der Waals surface area (Å²) in [6, 6.07) is 42.6. The number of fused-ring (bicyclic) bond motifs is 2. The molecular weight excluding hydrogens is 599 g/mol. The van der Waals surface area contributed by atoms with Gasteiger partial charge in [0.25, 0.3) is 0 Å². The smallest absolute Gasteiger partial charge is 0.0925 e. The molecular formula is C44H37N5. The highest BCUT2D eigenvalue weighted by Gasteiger charge is 2.17. The van der Waals surface area contributed by atoms with Crippen molar-refractivity contribution in [3.8, 4) is 22.5 Å². The first-order valence-electron chi connectivity index (χ1n) is 17.1. The standard InChI is InChI=1S/C44H37N5/c1-3-37-43(47-41-16-10-8-14-39(41)45-37)32-20-26-35(27-21-32)49(34-24-18-31(19-25-34)30-12-6-5-7-13-30)36-28-22-33(23-29-36)44-38(4-2)46-40-15-9-11-17-42(40)48-44/h5-12,14-30H,3-4,13H2,1-2H3. The van der Waals surface area contributed by atoms with E-state index in [0.717, 1.165) is 92.3 Å². The topological polar surface area (TPSA) is 54.8 Å². The summed E-state index contributed by atoms with van der Waals surface area (Å²) in [5, 5.41) is 0. The summed E-state index contributed by atoms with van der Waals surface area (Å²) in [6.45, 7) is 4.27. The molecule has 0 bridgehead atoms. The maximum Gasteiger partial charge on any atom is 0.0925 e. The number of para-hydroxylation sites is 4. The van der Waals surface area contributed by atoms with E-state index in [1.54, 1.807) is 0 Å². The predicted molar refractivity (Wildman–Crippen MR) is 203 cm³/mol. The molecule has 2 aromatic heterocycles. The van der Waals surface area contributed by atoms with Crippen LogP contribution in [0.1, 0.15) is 43.1 Å². The summed E-state index contributed by atoms with van der Waals surface area (Å²) >= 11 is 0. The van der Waals surface area contributed by atoms with Gasteiger partial charge in [-0.3, -0.25) is 0 Å². The van der Waals surface area contributed by atoms with Gasteiger partial charge in [0.05, 0.1) is 44.8 Å². The Hall–Kier alpha value is -5.94. The second kappa shape index (κ2) is 13.3. The lowest BCUT2D eigenvalue weighted by atomic mass is 9.92. The van der Waals surface area contributed by atoms with E-state index in [-0.39, 0.29) is 0 Å². The lowest BCUT2D eigenvalue weighted by Gasteiger charge is -2.26. The number of allylic oxidation sites excluding steroid dienone is 4. The van der Waals surface area contributed by atoms with Gasteiger partial charge in [-0.05, 0) is 85.5 Å². The fourth-order valence-corrected chi connectivity index (χ4v) is 6.71. The van der Waals surface area contributed by atoms with Crippen LogP contribution in [-0.4, -0.2) is 19.9 Å². The highest BCUT2D eigenvalue weighted by atomic mass is 15.1. The summed E-state index contributed by atoms with van der Waals surface area (Å²) in [4.78, 5) is 22.3. The molecule has 0 saturated carbocycles. The fraction of sp³-hybridized carbons (Fsp3) is 0.136. The van der Waals surface area contributed by atoms with Crippen molar-refractivity contribution in [3.05, 3.63) is 163 Å². The van der Waals surface area contributed by atoms with Crippen LogP contribution >= 0.6 is 0 Å². The Balaban J connectivity index is 1.18. The van der Waals surface area contributed by atoms with Crippen molar-refractivity contribution in [1.82, 2.24) is 19.9 Å². The fourth-order valence-electron chi connectivity index (χ4n) is 6.71. The van der Waals surface area contributed by atoms with E-state index in [9.17, 15) is 0 Å². The summed E-state index contributed by atoms with van der Waals surface area (Å²) in [6.07, 6.45) is 11.4. The van der Waals surface area contributed by atoms with Crippen LogP contribution in [0, 0.1) is 0 Å². The second-order valence-corrected chi connectivity index (χ2v) is 12.4. The third kappa shape index (κ3) is 6.00. The Morgan fingerprint density at radius 1 is 0.510 bits per heavy atom. The minimum absolute atomic E-state index is 0.401. The average Bonchev–Trinajstić information content (AvgIpc) is 3.18. The van der Waals surface area contributed by atoms with Gasteiger partial charge < -0.3 is 4.90 Å². The maximum absolute atomic E-state index is 5.04. The maximum atomic E-state index is 5.04. The number of rotatable bonds is 8. The Morgan fingerprint density at radius 2 is 0.939 bits per heavy atom. The van der Waals surface area contributed by atoms with Crippen LogP contribution in [0.15, 0.2) is 146 Å². The highest BCUT2D eigenvalue weighted by Crippen LogP contribution is 2.38. The van der Waals surface area contributed by atoms with Gasteiger partial charge in [0.15, 0.2) is 0 Å². The number of hydrogen-bond acceptors (Lipinski definition) is 5. The Kier molecular flexibility index (Phi) is 8.24. The summed E-state index contributed by atoms with van der Waals surface area (Å²) in [5.41, 5.74) is 14.2. The van der Waals surface area contributed by atoms with Gasteiger partial charge in [0, 0.05) is 34.1 Å². The molecule has 2 heterocycles. The molecule has 5 nitrogen and oxygen atoms in total. The highest BCUT2D eigenvalue weighted by molar-refractivity contribution is 5.83. The quantitative estimate of drug-likeness (QED) is 0.166. The molecule has 0 N–H and O–H groups in total. The number of nitrogens with zero attached hydrogens (tertiary/aromatic N) is 5. The Morgan fingerprint density at radius 3 is 1.35 bits per heavy atom. The first kappa shape index (κ1) is 30.4. The first-order valence-corrected chi connectivity index (χ1v) is 17.1. The summed E-state index contributed by atoms with van der Waals surface area (Å²) in [7, 11) is 0. The zero-order valence-electron chi connectivity index (χ0n) is 27.8. The van der Waals surface area contributed by atoms with Crippen molar-refractivity contribution in [2.45, 2.75) is 39.0 Å². The molecule has 0 fully saturated rings. The third-order valence-corrected chi connectivity index (χ3v) is 9.31. The van der Waals surface area contributed by atoms with E-state index in [4.69, 9.17) is 19.9 Å². The van der Waals surface area contributed by atoms with E-state index in [1.165, 1.54) is 5.56 Å². The second-order valence-electron chi connectivity index (χ2n) is 12.4. The molecule has 0 aliphatic heterocycles. The van der Waals surface area contributed by atoms with Crippen LogP contribution in [0.3, 0.4) is 0 Å². The largest absolute Gasteiger partial charge is 0.311 e. The van der Waals surface area contributed by atoms with Crippen LogP contribution in [-0.2, 0) is 12.8 Å². The van der Waals surface area contributed by atoms with Crippen LogP contribution in [0.5, 0.6) is 0 Å². The zero-order chi connectivity index (χ0) is 33.2. The number of benzene rings is 5. The molecule has 1 atom stereocenters. The van der Waals surface area contributed by atoms with Gasteiger partial charge >= 0.3 is 0 Å². The Labute approximate surface area is 287 Å². The van der Waals surface area contributed by atoms with Gasteiger partial charge in [0.2, 0.25) is 0 Å². The van der Waals surface area contributed by atoms with E-state index in [0.29, 0.717) is 5.92 Å². The lowest BCUT2D eigenvalue weighted by Crippen LogP contribution is -2.10. The summed E-state index contributed by atoms with van der Waals surface area (Å²) < 4.78 is 0. The number of aryl methyl sites for hydroxylation is 2. The number of aromatic nitrogens is 4. The minimum Gasteiger partial charge on any atom is -0.311 e. The molecule has 0 radical (unpaired) electrons.